The number of nitrogens with zero attached hydrogens (tertiary/aromatic N) is 1. The third-order valence-corrected chi connectivity index (χ3v) is 11.7. The number of hydrogen-bond acceptors (Lipinski definition) is 5. The Kier molecular flexibility index (Phi) is 21.6. The highest BCUT2D eigenvalue weighted by Crippen LogP contribution is 2.47. The quantitative estimate of drug-likeness (QED) is 0.0593. The summed E-state index contributed by atoms with van der Waals surface area (Å²) in [7, 11) is -0.679. The fourth-order valence-corrected chi connectivity index (χ4v) is 9.63. The van der Waals surface area contributed by atoms with Crippen LogP contribution in [0.4, 0.5) is 0 Å². The Bertz CT molecular complexity index is 683. The largest absolute Gasteiger partial charge is 0.381 e. The maximum Gasteiger partial charge on any atom is 0.189 e. The maximum absolute atomic E-state index is 6.47. The summed E-state index contributed by atoms with van der Waals surface area (Å²) in [6.45, 7) is 14.9. The Morgan fingerprint density at radius 3 is 1.92 bits per heavy atom. The van der Waals surface area contributed by atoms with Crippen LogP contribution in [0.1, 0.15) is 33.3 Å². The summed E-state index contributed by atoms with van der Waals surface area (Å²) >= 11 is 2.33. The lowest BCUT2D eigenvalue weighted by Gasteiger charge is -2.32. The van der Waals surface area contributed by atoms with E-state index in [1.807, 2.05) is 13.8 Å². The Balaban J connectivity index is 3.02. The molecule has 3 N–H and O–H groups in total. The van der Waals surface area contributed by atoms with Gasteiger partial charge in [0.15, 0.2) is 5.96 Å². The molecule has 0 fully saturated rings. The Morgan fingerprint density at radius 1 is 0.889 bits per heavy atom. The van der Waals surface area contributed by atoms with Crippen molar-refractivity contribution in [3.63, 3.8) is 0 Å². The van der Waals surface area contributed by atoms with Crippen LogP contribution in [0, 0.1) is 3.57 Å². The summed E-state index contributed by atoms with van der Waals surface area (Å²) in [5.74, 6) is 0.777. The van der Waals surface area contributed by atoms with Crippen LogP contribution in [0.2, 0.25) is 0 Å². The van der Waals surface area contributed by atoms with Gasteiger partial charge in [0.2, 0.25) is 0 Å². The first-order chi connectivity index (χ1) is 17.5. The van der Waals surface area contributed by atoms with E-state index in [2.05, 4.69) is 66.0 Å². The summed E-state index contributed by atoms with van der Waals surface area (Å²) in [5, 5.41) is 3.65. The van der Waals surface area contributed by atoms with Gasteiger partial charge >= 0.3 is 0 Å². The molecule has 0 amide bonds. The molecule has 208 valence electrons. The van der Waals surface area contributed by atoms with Gasteiger partial charge in [0, 0.05) is 30.0 Å². The average Bonchev–Trinajstić information content (AvgIpc) is 2.86. The van der Waals surface area contributed by atoms with E-state index >= 15 is 0 Å². The van der Waals surface area contributed by atoms with Crippen molar-refractivity contribution in [2.45, 2.75) is 40.0 Å². The minimum Gasteiger partial charge on any atom is -0.381 e. The number of nitrogens with one attached hydrogen (secondary N) is 1. The van der Waals surface area contributed by atoms with Crippen molar-refractivity contribution in [2.24, 2.45) is 10.7 Å². The topological polar surface area (TPSA) is 87.3 Å². The van der Waals surface area contributed by atoms with Gasteiger partial charge in [-0.05, 0) is 98.8 Å². The van der Waals surface area contributed by atoms with Crippen molar-refractivity contribution in [3.05, 3.63) is 33.4 Å². The Hall–Kier alpha value is -0.0800. The molecule has 0 radical (unpaired) electrons. The molecule has 0 aliphatic heterocycles. The molecule has 0 saturated carbocycles. The lowest BCUT2D eigenvalue weighted by Crippen LogP contribution is -2.42. The first-order valence-corrected chi connectivity index (χ1v) is 17.9. The fraction of sp³-hybridized carbons (Fsp3) is 0.731. The normalized spacial score (nSPS) is 13.0. The van der Waals surface area contributed by atoms with Crippen LogP contribution < -0.4 is 11.1 Å². The van der Waals surface area contributed by atoms with E-state index in [4.69, 9.17) is 29.7 Å². The van der Waals surface area contributed by atoms with E-state index in [0.29, 0.717) is 12.5 Å². The zero-order chi connectivity index (χ0) is 26.4. The monoisotopic (exact) mass is 655 g/mol. The minimum absolute atomic E-state index is 0.259. The molecule has 7 nitrogen and oxygen atoms in total. The molecule has 1 atom stereocenters. The Labute approximate surface area is 235 Å². The number of halogens is 1. The van der Waals surface area contributed by atoms with Crippen molar-refractivity contribution in [2.75, 3.05) is 83.7 Å². The smallest absolute Gasteiger partial charge is 0.189 e. The van der Waals surface area contributed by atoms with Crippen LogP contribution in [-0.2, 0) is 25.5 Å². The first kappa shape index (κ1) is 33.9. The molecule has 1 rings (SSSR count). The molecule has 0 aliphatic carbocycles. The summed E-state index contributed by atoms with van der Waals surface area (Å²) < 4.78 is 24.2. The van der Waals surface area contributed by atoms with E-state index in [1.54, 1.807) is 0 Å². The van der Waals surface area contributed by atoms with Crippen LogP contribution in [-0.4, -0.2) is 95.4 Å². The number of benzene rings is 1. The number of aliphatic imine (C=N–C) groups is 1. The lowest BCUT2D eigenvalue weighted by molar-refractivity contribution is 0.159. The molecule has 1 aromatic carbocycles. The standard InChI is InChI=1S/C26H48IN3O4P2/c1-5-31-12-16-35(17-13-32-6-2)22-25(36(18-14-33-7-3)19-15-34-8-4)30-26(28)29-21-23-10-9-11-24(27)20-23/h9-11,20,25H,5-8,12-19,21-22H2,1-4H3,(H3,28,29,30). The average molecular weight is 656 g/mol. The molecular formula is C26H48IN3O4P2. The fourth-order valence-electron chi connectivity index (χ4n) is 3.57. The van der Waals surface area contributed by atoms with E-state index < -0.39 is 7.92 Å². The summed E-state index contributed by atoms with van der Waals surface area (Å²) in [4.78, 5) is 4.69. The van der Waals surface area contributed by atoms with Gasteiger partial charge < -0.3 is 30.0 Å². The molecule has 36 heavy (non-hydrogen) atoms. The van der Waals surface area contributed by atoms with E-state index in [9.17, 15) is 0 Å². The molecule has 1 unspecified atom stereocenters. The highest BCUT2D eigenvalue weighted by Gasteiger charge is 2.25. The van der Waals surface area contributed by atoms with Crippen molar-refractivity contribution < 1.29 is 18.9 Å². The van der Waals surface area contributed by atoms with Gasteiger partial charge in [-0.25, -0.2) is 4.99 Å². The molecule has 0 aliphatic rings. The second kappa shape index (κ2) is 22.9. The summed E-state index contributed by atoms with van der Waals surface area (Å²) in [5.41, 5.74) is 7.63. The zero-order valence-electron chi connectivity index (χ0n) is 22.7. The van der Waals surface area contributed by atoms with Gasteiger partial charge in [0.1, 0.15) is 0 Å². The van der Waals surface area contributed by atoms with Crippen LogP contribution >= 0.6 is 38.4 Å². The second-order valence-corrected chi connectivity index (χ2v) is 14.7. The van der Waals surface area contributed by atoms with Gasteiger partial charge in [-0.15, -0.1) is 0 Å². The molecular weight excluding hydrogens is 607 g/mol. The van der Waals surface area contributed by atoms with Crippen LogP contribution in [0.25, 0.3) is 0 Å². The predicted octanol–water partition coefficient (Wildman–Crippen LogP) is 5.13. The minimum atomic E-state index is -0.408. The molecule has 0 spiro atoms. The highest BCUT2D eigenvalue weighted by molar-refractivity contribution is 14.1. The number of nitrogens with two attached hydrogens (primary N) is 1. The van der Waals surface area contributed by atoms with Gasteiger partial charge in [0.25, 0.3) is 0 Å². The third-order valence-electron chi connectivity index (χ3n) is 5.47. The van der Waals surface area contributed by atoms with E-state index in [0.717, 1.165) is 89.2 Å². The number of hydrogen-bond donors (Lipinski definition) is 2. The van der Waals surface area contributed by atoms with E-state index in [1.165, 1.54) is 3.57 Å². The first-order valence-electron chi connectivity index (χ1n) is 13.1. The molecule has 0 saturated heterocycles. The summed E-state index contributed by atoms with van der Waals surface area (Å²) in [6, 6.07) is 8.38. The van der Waals surface area contributed by atoms with Crippen molar-refractivity contribution >= 4 is 44.4 Å². The SMILES string of the molecule is CCOCCP(CCOCC)CC(NC(N)=NCc1cccc(I)c1)P(CCOCC)CCOCC. The predicted molar refractivity (Wildman–Crippen MR) is 166 cm³/mol. The molecule has 0 aromatic heterocycles. The molecule has 1 aromatic rings. The molecule has 10 heteroatoms. The van der Waals surface area contributed by atoms with Crippen LogP contribution in [0.3, 0.4) is 0 Å². The summed E-state index contributed by atoms with van der Waals surface area (Å²) in [6.07, 6.45) is 5.28. The van der Waals surface area contributed by atoms with Gasteiger partial charge in [-0.1, -0.05) is 28.0 Å². The van der Waals surface area contributed by atoms with Crippen molar-refractivity contribution in [1.82, 2.24) is 5.32 Å². The van der Waals surface area contributed by atoms with Crippen molar-refractivity contribution in [3.8, 4) is 0 Å². The highest BCUT2D eigenvalue weighted by atomic mass is 127. The third kappa shape index (κ3) is 16.7. The molecule has 0 heterocycles. The van der Waals surface area contributed by atoms with E-state index in [-0.39, 0.29) is 13.7 Å². The maximum atomic E-state index is 6.47. The Morgan fingerprint density at radius 2 is 1.42 bits per heavy atom. The van der Waals surface area contributed by atoms with Crippen LogP contribution in [0.5, 0.6) is 0 Å². The van der Waals surface area contributed by atoms with Gasteiger partial charge in [-0.3, -0.25) is 0 Å². The number of ether oxygens (including phenoxy) is 4. The van der Waals surface area contributed by atoms with Crippen molar-refractivity contribution in [1.29, 1.82) is 0 Å². The van der Waals surface area contributed by atoms with Gasteiger partial charge in [-0.2, -0.15) is 0 Å². The van der Waals surface area contributed by atoms with Crippen LogP contribution in [0.15, 0.2) is 29.3 Å². The number of rotatable bonds is 22. The lowest BCUT2D eigenvalue weighted by atomic mass is 10.2. The second-order valence-electron chi connectivity index (χ2n) is 8.12. The zero-order valence-corrected chi connectivity index (χ0v) is 26.7. The molecule has 0 bridgehead atoms. The number of guanidine groups is 1. The van der Waals surface area contributed by atoms with Gasteiger partial charge in [0.05, 0.1) is 38.8 Å².